The van der Waals surface area contributed by atoms with Crippen LogP contribution in [0.1, 0.15) is 45.3 Å². The molecule has 0 aromatic heterocycles. The molecule has 1 N–H and O–H groups in total. The zero-order chi connectivity index (χ0) is 13.3. The Bertz CT molecular complexity index is 419. The summed E-state index contributed by atoms with van der Waals surface area (Å²) < 4.78 is 0. The maximum absolute atomic E-state index is 9.56. The van der Waals surface area contributed by atoms with Crippen molar-refractivity contribution in [3.63, 3.8) is 0 Å². The number of benzene rings is 1. The van der Waals surface area contributed by atoms with Gasteiger partial charge in [-0.2, -0.15) is 0 Å². The van der Waals surface area contributed by atoms with E-state index in [0.29, 0.717) is 6.04 Å². The molecule has 2 rings (SSSR count). The van der Waals surface area contributed by atoms with Crippen LogP contribution in [0.3, 0.4) is 0 Å². The largest absolute Gasteiger partial charge is 0.389 e. The van der Waals surface area contributed by atoms with Crippen LogP contribution in [0, 0.1) is 5.92 Å². The Kier molecular flexibility index (Phi) is 4.18. The van der Waals surface area contributed by atoms with E-state index in [0.717, 1.165) is 28.7 Å². The van der Waals surface area contributed by atoms with Crippen LogP contribution >= 0.6 is 11.6 Å². The molecule has 3 atom stereocenters. The van der Waals surface area contributed by atoms with Crippen LogP contribution in [0.5, 0.6) is 0 Å². The highest BCUT2D eigenvalue weighted by Crippen LogP contribution is 2.34. The minimum absolute atomic E-state index is 0.463. The third-order valence-electron chi connectivity index (χ3n) is 3.90. The highest BCUT2D eigenvalue weighted by molar-refractivity contribution is 6.33. The molecule has 1 heterocycles. The van der Waals surface area contributed by atoms with Gasteiger partial charge in [0.2, 0.25) is 0 Å². The van der Waals surface area contributed by atoms with Gasteiger partial charge in [-0.25, -0.2) is 0 Å². The van der Waals surface area contributed by atoms with Crippen molar-refractivity contribution in [1.29, 1.82) is 0 Å². The number of aliphatic hydroxyl groups is 1. The van der Waals surface area contributed by atoms with Crippen LogP contribution in [0.4, 0.5) is 5.69 Å². The zero-order valence-electron chi connectivity index (χ0n) is 11.4. The van der Waals surface area contributed by atoms with Crippen molar-refractivity contribution in [2.24, 2.45) is 5.92 Å². The Balaban J connectivity index is 2.23. The van der Waals surface area contributed by atoms with E-state index < -0.39 is 6.10 Å². The van der Waals surface area contributed by atoms with Crippen LogP contribution in [0.25, 0.3) is 0 Å². The van der Waals surface area contributed by atoms with Gasteiger partial charge in [0.15, 0.2) is 0 Å². The molecule has 0 spiro atoms. The summed E-state index contributed by atoms with van der Waals surface area (Å²) >= 11 is 6.36. The van der Waals surface area contributed by atoms with Gasteiger partial charge in [0.05, 0.1) is 16.8 Å². The van der Waals surface area contributed by atoms with Crippen LogP contribution in [0.2, 0.25) is 5.02 Å². The third kappa shape index (κ3) is 2.81. The molecule has 1 aromatic rings. The molecular weight excluding hydrogens is 246 g/mol. The second-order valence-electron chi connectivity index (χ2n) is 5.56. The summed E-state index contributed by atoms with van der Waals surface area (Å²) in [5.41, 5.74) is 1.97. The summed E-state index contributed by atoms with van der Waals surface area (Å²) in [5, 5.41) is 10.3. The molecule has 1 saturated heterocycles. The molecular formula is C15H22ClNO. The standard InChI is InChI=1S/C15H22ClNO/c1-10-6-7-17(11(2)8-10)15-5-4-13(12(3)18)9-14(15)16/h4-5,9-12,18H,6-8H2,1-3H3/t10?,11?,12-/m1/s1. The lowest BCUT2D eigenvalue weighted by atomic mass is 9.93. The van der Waals surface area contributed by atoms with Crippen molar-refractivity contribution in [1.82, 2.24) is 0 Å². The van der Waals surface area contributed by atoms with E-state index in [1.807, 2.05) is 18.2 Å². The quantitative estimate of drug-likeness (QED) is 0.875. The maximum atomic E-state index is 9.56. The summed E-state index contributed by atoms with van der Waals surface area (Å²) in [6.07, 6.45) is 1.98. The number of piperidine rings is 1. The molecule has 1 aliphatic rings. The van der Waals surface area contributed by atoms with Crippen LogP contribution < -0.4 is 4.90 Å². The van der Waals surface area contributed by atoms with Crippen molar-refractivity contribution in [3.8, 4) is 0 Å². The Morgan fingerprint density at radius 3 is 2.67 bits per heavy atom. The zero-order valence-corrected chi connectivity index (χ0v) is 12.1. The SMILES string of the molecule is CC1CCN(c2ccc([C@@H](C)O)cc2Cl)C(C)C1. The van der Waals surface area contributed by atoms with Gasteiger partial charge in [-0.1, -0.05) is 24.6 Å². The number of hydrogen-bond donors (Lipinski definition) is 1. The molecule has 0 aliphatic carbocycles. The van der Waals surface area contributed by atoms with Gasteiger partial charge in [0.25, 0.3) is 0 Å². The number of anilines is 1. The normalized spacial score (nSPS) is 26.2. The fourth-order valence-corrected chi connectivity index (χ4v) is 3.08. The predicted molar refractivity (Wildman–Crippen MR) is 77.3 cm³/mol. The molecule has 0 saturated carbocycles. The van der Waals surface area contributed by atoms with Crippen molar-refractivity contribution < 1.29 is 5.11 Å². The Morgan fingerprint density at radius 2 is 2.11 bits per heavy atom. The highest BCUT2D eigenvalue weighted by atomic mass is 35.5. The van der Waals surface area contributed by atoms with Crippen LogP contribution in [-0.2, 0) is 0 Å². The molecule has 0 amide bonds. The summed E-state index contributed by atoms with van der Waals surface area (Å²) in [6, 6.07) is 6.42. The van der Waals surface area contributed by atoms with Crippen molar-refractivity contribution in [3.05, 3.63) is 28.8 Å². The summed E-state index contributed by atoms with van der Waals surface area (Å²) in [6.45, 7) is 7.40. The Hall–Kier alpha value is -0.730. The number of aliphatic hydroxyl groups excluding tert-OH is 1. The molecule has 1 aromatic carbocycles. The van der Waals surface area contributed by atoms with Crippen LogP contribution in [-0.4, -0.2) is 17.7 Å². The molecule has 1 fully saturated rings. The van der Waals surface area contributed by atoms with E-state index in [1.54, 1.807) is 6.92 Å². The second kappa shape index (κ2) is 5.50. The molecule has 2 unspecified atom stereocenters. The summed E-state index contributed by atoms with van der Waals surface area (Å²) in [5.74, 6) is 0.798. The van der Waals surface area contributed by atoms with Gasteiger partial charge in [-0.15, -0.1) is 0 Å². The lowest BCUT2D eigenvalue weighted by Gasteiger charge is -2.38. The van der Waals surface area contributed by atoms with Gasteiger partial charge in [-0.05, 0) is 50.3 Å². The Labute approximate surface area is 115 Å². The van der Waals surface area contributed by atoms with Crippen LogP contribution in [0.15, 0.2) is 18.2 Å². The van der Waals surface area contributed by atoms with E-state index in [1.165, 1.54) is 12.8 Å². The molecule has 0 bridgehead atoms. The second-order valence-corrected chi connectivity index (χ2v) is 5.97. The lowest BCUT2D eigenvalue weighted by molar-refractivity contribution is 0.199. The van der Waals surface area contributed by atoms with Gasteiger partial charge in [0.1, 0.15) is 0 Å². The molecule has 0 radical (unpaired) electrons. The number of hydrogen-bond acceptors (Lipinski definition) is 2. The van der Waals surface area contributed by atoms with E-state index in [4.69, 9.17) is 11.6 Å². The molecule has 18 heavy (non-hydrogen) atoms. The first-order chi connectivity index (χ1) is 8.49. The fraction of sp³-hybridized carbons (Fsp3) is 0.600. The van der Waals surface area contributed by atoms with Crippen molar-refractivity contribution in [2.45, 2.75) is 45.8 Å². The first kappa shape index (κ1) is 13.7. The third-order valence-corrected chi connectivity index (χ3v) is 4.20. The monoisotopic (exact) mass is 267 g/mol. The molecule has 3 heteroatoms. The molecule has 100 valence electrons. The van der Waals surface area contributed by atoms with Crippen molar-refractivity contribution >= 4 is 17.3 Å². The number of nitrogens with zero attached hydrogens (tertiary/aromatic N) is 1. The van der Waals surface area contributed by atoms with Gasteiger partial charge in [0, 0.05) is 12.6 Å². The average molecular weight is 268 g/mol. The van der Waals surface area contributed by atoms with E-state index in [9.17, 15) is 5.11 Å². The number of halogens is 1. The highest BCUT2D eigenvalue weighted by Gasteiger charge is 2.24. The summed E-state index contributed by atoms with van der Waals surface area (Å²) in [7, 11) is 0. The van der Waals surface area contributed by atoms with E-state index >= 15 is 0 Å². The maximum Gasteiger partial charge on any atom is 0.0762 e. The summed E-state index contributed by atoms with van der Waals surface area (Å²) in [4.78, 5) is 2.38. The molecule has 1 aliphatic heterocycles. The van der Waals surface area contributed by atoms with E-state index in [2.05, 4.69) is 18.7 Å². The first-order valence-corrected chi connectivity index (χ1v) is 7.11. The first-order valence-electron chi connectivity index (χ1n) is 6.73. The minimum Gasteiger partial charge on any atom is -0.389 e. The van der Waals surface area contributed by atoms with Gasteiger partial charge < -0.3 is 10.0 Å². The van der Waals surface area contributed by atoms with Gasteiger partial charge in [-0.3, -0.25) is 0 Å². The lowest BCUT2D eigenvalue weighted by Crippen LogP contribution is -2.40. The van der Waals surface area contributed by atoms with Gasteiger partial charge >= 0.3 is 0 Å². The topological polar surface area (TPSA) is 23.5 Å². The van der Waals surface area contributed by atoms with Crippen molar-refractivity contribution in [2.75, 3.05) is 11.4 Å². The smallest absolute Gasteiger partial charge is 0.0762 e. The average Bonchev–Trinajstić information content (AvgIpc) is 2.30. The minimum atomic E-state index is -0.463. The fourth-order valence-electron chi connectivity index (χ4n) is 2.78. The molecule has 2 nitrogen and oxygen atoms in total. The van der Waals surface area contributed by atoms with E-state index in [-0.39, 0.29) is 0 Å². The predicted octanol–water partition coefficient (Wildman–Crippen LogP) is 4.02. The Morgan fingerprint density at radius 1 is 1.39 bits per heavy atom. The number of rotatable bonds is 2.